The van der Waals surface area contributed by atoms with Gasteiger partial charge in [-0.3, -0.25) is 0 Å². The molecular weight excluding hydrogens is 504 g/mol. The zero-order valence-electron chi connectivity index (χ0n) is 21.0. The van der Waals surface area contributed by atoms with E-state index in [1.165, 1.54) is 32.4 Å². The third-order valence-corrected chi connectivity index (χ3v) is 6.03. The van der Waals surface area contributed by atoms with Gasteiger partial charge in [-0.1, -0.05) is 24.3 Å². The molecule has 1 aliphatic rings. The fourth-order valence-electron chi connectivity index (χ4n) is 3.91. The first-order chi connectivity index (χ1) is 18.3. The van der Waals surface area contributed by atoms with E-state index in [1.807, 2.05) is 0 Å². The predicted octanol–water partition coefficient (Wildman–Crippen LogP) is -0.639. The molecule has 0 radical (unpaired) electrons. The van der Waals surface area contributed by atoms with Gasteiger partial charge in [-0.15, -0.1) is 0 Å². The second kappa shape index (κ2) is 13.7. The van der Waals surface area contributed by atoms with Crippen molar-refractivity contribution in [1.82, 2.24) is 0 Å². The first-order valence-electron chi connectivity index (χ1n) is 11.8. The smallest absolute Gasteiger partial charge is 0.229 e. The van der Waals surface area contributed by atoms with E-state index in [-0.39, 0.29) is 23.9 Å². The Hall–Kier alpha value is -2.94. The van der Waals surface area contributed by atoms with E-state index >= 15 is 0 Å². The van der Waals surface area contributed by atoms with E-state index in [9.17, 15) is 30.6 Å². The molecule has 2 aromatic rings. The topological polar surface area (TPSA) is 188 Å². The van der Waals surface area contributed by atoms with Crippen molar-refractivity contribution in [2.75, 3.05) is 34.0 Å². The molecule has 38 heavy (non-hydrogen) atoms. The number of aliphatic hydroxyl groups excluding tert-OH is 7. The summed E-state index contributed by atoms with van der Waals surface area (Å²) in [5, 5.41) is 69.4. The highest BCUT2D eigenvalue weighted by Crippen LogP contribution is 2.36. The monoisotopic (exact) mass is 538 g/mol. The zero-order valence-corrected chi connectivity index (χ0v) is 21.0. The van der Waals surface area contributed by atoms with Crippen LogP contribution in [-0.4, -0.2) is 107 Å². The van der Waals surface area contributed by atoms with Gasteiger partial charge < -0.3 is 59.4 Å². The van der Waals surface area contributed by atoms with E-state index in [4.69, 9.17) is 28.8 Å². The average Bonchev–Trinajstić information content (AvgIpc) is 2.94. The first kappa shape index (κ1) is 29.6. The molecular formula is C26H34O12. The molecule has 12 nitrogen and oxygen atoms in total. The molecule has 1 aliphatic heterocycles. The molecule has 0 unspecified atom stereocenters. The lowest BCUT2D eigenvalue weighted by molar-refractivity contribution is -0.277. The van der Waals surface area contributed by atoms with Crippen LogP contribution in [0, 0.1) is 0 Å². The molecule has 7 N–H and O–H groups in total. The summed E-state index contributed by atoms with van der Waals surface area (Å²) < 4.78 is 27.6. The molecule has 2 aromatic carbocycles. The van der Waals surface area contributed by atoms with Crippen LogP contribution in [0.25, 0.3) is 6.08 Å². The summed E-state index contributed by atoms with van der Waals surface area (Å²) in [6, 6.07) is 9.36. The minimum atomic E-state index is -1.62. The Kier molecular flexibility index (Phi) is 10.7. The Morgan fingerprint density at radius 3 is 2.18 bits per heavy atom. The van der Waals surface area contributed by atoms with Gasteiger partial charge in [-0.05, 0) is 35.4 Å². The number of methoxy groups -OCH3 is 2. The standard InChI is InChI=1S/C26H34O12/c1-34-18-10-14(4-3-9-27)5-7-16(18)36-20(12-28)22(30)15-6-8-17(19(11-15)35-2)37-26-25(33)24(32)23(31)21(13-29)38-26/h3-8,10-11,20-33H,9,12-13H2,1-2H3/t20-,21-,22+,23-,24+,25-,26-/m1/s1. The summed E-state index contributed by atoms with van der Waals surface area (Å²) >= 11 is 0. The number of hydrogen-bond acceptors (Lipinski definition) is 12. The van der Waals surface area contributed by atoms with Gasteiger partial charge in [-0.25, -0.2) is 0 Å². The first-order valence-corrected chi connectivity index (χ1v) is 11.8. The maximum Gasteiger partial charge on any atom is 0.229 e. The van der Waals surface area contributed by atoms with E-state index in [0.717, 1.165) is 5.56 Å². The molecule has 1 saturated heterocycles. The Bertz CT molecular complexity index is 1060. The largest absolute Gasteiger partial charge is 0.493 e. The summed E-state index contributed by atoms with van der Waals surface area (Å²) in [5.41, 5.74) is 1.06. The van der Waals surface area contributed by atoms with E-state index in [0.29, 0.717) is 11.3 Å². The fourth-order valence-corrected chi connectivity index (χ4v) is 3.91. The third kappa shape index (κ3) is 6.73. The van der Waals surface area contributed by atoms with Crippen LogP contribution in [0.15, 0.2) is 42.5 Å². The van der Waals surface area contributed by atoms with Gasteiger partial charge in [0.15, 0.2) is 29.1 Å². The highest BCUT2D eigenvalue weighted by Gasteiger charge is 2.45. The van der Waals surface area contributed by atoms with Crippen LogP contribution in [0.1, 0.15) is 17.2 Å². The average molecular weight is 539 g/mol. The fraction of sp³-hybridized carbons (Fsp3) is 0.462. The van der Waals surface area contributed by atoms with Crippen LogP contribution in [0.4, 0.5) is 0 Å². The maximum absolute atomic E-state index is 11.0. The number of aliphatic hydroxyl groups is 7. The van der Waals surface area contributed by atoms with Crippen molar-refractivity contribution in [3.8, 4) is 23.0 Å². The summed E-state index contributed by atoms with van der Waals surface area (Å²) in [4.78, 5) is 0. The third-order valence-electron chi connectivity index (χ3n) is 6.03. The predicted molar refractivity (Wildman–Crippen MR) is 133 cm³/mol. The molecule has 210 valence electrons. The quantitative estimate of drug-likeness (QED) is 0.181. The van der Waals surface area contributed by atoms with E-state index in [1.54, 1.807) is 30.4 Å². The van der Waals surface area contributed by atoms with Gasteiger partial charge in [0.1, 0.15) is 30.5 Å². The lowest BCUT2D eigenvalue weighted by atomic mass is 9.99. The molecule has 1 heterocycles. The molecule has 0 aromatic heterocycles. The van der Waals surface area contributed by atoms with Gasteiger partial charge in [0.05, 0.1) is 34.0 Å². The SMILES string of the molecule is COc1cc([C@H](O)[C@@H](CO)Oc2ccc(C=CCO)cc2OC)ccc1O[C@@H]1O[C@H](CO)[C@@H](O)[C@H](O)[C@H]1O. The highest BCUT2D eigenvalue weighted by molar-refractivity contribution is 5.56. The summed E-state index contributed by atoms with van der Waals surface area (Å²) in [5.74, 6) is 0.855. The molecule has 12 heteroatoms. The Morgan fingerprint density at radius 1 is 0.868 bits per heavy atom. The molecule has 7 atom stereocenters. The normalized spacial score (nSPS) is 25.1. The van der Waals surface area contributed by atoms with Crippen LogP contribution >= 0.6 is 0 Å². The van der Waals surface area contributed by atoms with Crippen molar-refractivity contribution in [1.29, 1.82) is 0 Å². The molecule has 3 rings (SSSR count). The van der Waals surface area contributed by atoms with Gasteiger partial charge >= 0.3 is 0 Å². The number of benzene rings is 2. The minimum Gasteiger partial charge on any atom is -0.493 e. The van der Waals surface area contributed by atoms with Gasteiger partial charge in [-0.2, -0.15) is 0 Å². The Morgan fingerprint density at radius 2 is 1.55 bits per heavy atom. The van der Waals surface area contributed by atoms with Crippen LogP contribution < -0.4 is 18.9 Å². The van der Waals surface area contributed by atoms with Crippen LogP contribution in [0.5, 0.6) is 23.0 Å². The van der Waals surface area contributed by atoms with Crippen molar-refractivity contribution < 1.29 is 59.4 Å². The molecule has 0 spiro atoms. The molecule has 0 amide bonds. The Labute approximate surface area is 219 Å². The summed E-state index contributed by atoms with van der Waals surface area (Å²) in [6.07, 6.45) is -6.47. The minimum absolute atomic E-state index is 0.0856. The van der Waals surface area contributed by atoms with Crippen LogP contribution in [0.3, 0.4) is 0 Å². The zero-order chi connectivity index (χ0) is 27.8. The van der Waals surface area contributed by atoms with Crippen molar-refractivity contribution in [2.45, 2.75) is 42.9 Å². The summed E-state index contributed by atoms with van der Waals surface area (Å²) in [7, 11) is 2.80. The number of hydrogen-bond donors (Lipinski definition) is 7. The van der Waals surface area contributed by atoms with Crippen molar-refractivity contribution in [2.24, 2.45) is 0 Å². The van der Waals surface area contributed by atoms with Gasteiger partial charge in [0, 0.05) is 0 Å². The van der Waals surface area contributed by atoms with Crippen LogP contribution in [-0.2, 0) is 4.74 Å². The van der Waals surface area contributed by atoms with Crippen molar-refractivity contribution in [3.63, 3.8) is 0 Å². The Balaban J connectivity index is 1.78. The van der Waals surface area contributed by atoms with E-state index < -0.39 is 56.1 Å². The van der Waals surface area contributed by atoms with Crippen molar-refractivity contribution in [3.05, 3.63) is 53.6 Å². The summed E-state index contributed by atoms with van der Waals surface area (Å²) in [6.45, 7) is -1.26. The molecule has 0 saturated carbocycles. The lowest BCUT2D eigenvalue weighted by Gasteiger charge is -2.39. The van der Waals surface area contributed by atoms with Gasteiger partial charge in [0.2, 0.25) is 6.29 Å². The maximum atomic E-state index is 11.0. The number of rotatable bonds is 12. The second-order valence-electron chi connectivity index (χ2n) is 8.50. The lowest BCUT2D eigenvalue weighted by Crippen LogP contribution is -2.60. The highest BCUT2D eigenvalue weighted by atomic mass is 16.7. The molecule has 1 fully saturated rings. The molecule has 0 aliphatic carbocycles. The van der Waals surface area contributed by atoms with E-state index in [2.05, 4.69) is 0 Å². The number of ether oxygens (including phenoxy) is 5. The van der Waals surface area contributed by atoms with Crippen LogP contribution in [0.2, 0.25) is 0 Å². The van der Waals surface area contributed by atoms with Gasteiger partial charge in [0.25, 0.3) is 0 Å². The molecule has 0 bridgehead atoms. The second-order valence-corrected chi connectivity index (χ2v) is 8.50. The van der Waals surface area contributed by atoms with Crippen molar-refractivity contribution >= 4 is 6.08 Å².